The molecule has 0 spiro atoms. The van der Waals surface area contributed by atoms with Crippen molar-refractivity contribution in [3.8, 4) is 0 Å². The maximum atomic E-state index is 6.11. The summed E-state index contributed by atoms with van der Waals surface area (Å²) in [5.74, 6) is 0.353. The minimum absolute atomic E-state index is 0.353. The van der Waals surface area contributed by atoms with E-state index >= 15 is 0 Å². The second kappa shape index (κ2) is 5.01. The molecule has 0 saturated carbocycles. The summed E-state index contributed by atoms with van der Waals surface area (Å²) in [6, 6.07) is 5.97. The van der Waals surface area contributed by atoms with Crippen LogP contribution in [0.4, 0.5) is 0 Å². The highest BCUT2D eigenvalue weighted by atomic mass is 35.5. The average Bonchev–Trinajstić information content (AvgIpc) is 2.19. The minimum atomic E-state index is 0.353. The summed E-state index contributed by atoms with van der Waals surface area (Å²) in [4.78, 5) is 0. The Morgan fingerprint density at radius 1 is 1.21 bits per heavy atom. The zero-order valence-corrected chi connectivity index (χ0v) is 10.2. The number of rotatable bonds is 3. The summed E-state index contributed by atoms with van der Waals surface area (Å²) in [5.41, 5.74) is 1.10. The molecule has 0 fully saturated rings. The van der Waals surface area contributed by atoms with Crippen LogP contribution in [0, 0.1) is 0 Å². The van der Waals surface area contributed by atoms with Crippen molar-refractivity contribution >= 4 is 23.2 Å². The third-order valence-corrected chi connectivity index (χ3v) is 3.23. The number of halogens is 2. The number of hydrogen-bond acceptors (Lipinski definition) is 1. The van der Waals surface area contributed by atoms with Gasteiger partial charge in [-0.2, -0.15) is 0 Å². The molecule has 1 N–H and O–H groups in total. The van der Waals surface area contributed by atoms with Crippen molar-refractivity contribution in [2.75, 3.05) is 7.05 Å². The predicted molar refractivity (Wildman–Crippen MR) is 63.4 cm³/mol. The van der Waals surface area contributed by atoms with E-state index in [1.54, 1.807) is 0 Å². The Kier molecular flexibility index (Phi) is 4.24. The second-order valence-electron chi connectivity index (χ2n) is 3.53. The van der Waals surface area contributed by atoms with E-state index in [4.69, 9.17) is 23.2 Å². The van der Waals surface area contributed by atoms with Gasteiger partial charge in [0, 0.05) is 16.1 Å². The molecule has 0 bridgehead atoms. The van der Waals surface area contributed by atoms with Gasteiger partial charge in [-0.15, -0.1) is 0 Å². The van der Waals surface area contributed by atoms with Crippen LogP contribution in [0.15, 0.2) is 18.2 Å². The van der Waals surface area contributed by atoms with Crippen LogP contribution in [0.3, 0.4) is 0 Å². The lowest BCUT2D eigenvalue weighted by atomic mass is 9.94. The third kappa shape index (κ3) is 2.63. The van der Waals surface area contributed by atoms with E-state index in [0.717, 1.165) is 15.6 Å². The van der Waals surface area contributed by atoms with Crippen LogP contribution in [0.5, 0.6) is 0 Å². The highest BCUT2D eigenvalue weighted by Gasteiger charge is 2.15. The molecule has 1 rings (SSSR count). The lowest BCUT2D eigenvalue weighted by Gasteiger charge is -2.20. The van der Waals surface area contributed by atoms with Crippen LogP contribution in [0.1, 0.15) is 25.3 Å². The van der Waals surface area contributed by atoms with Crippen LogP contribution < -0.4 is 5.32 Å². The lowest BCUT2D eigenvalue weighted by Crippen LogP contribution is -2.27. The zero-order chi connectivity index (χ0) is 10.7. The molecule has 0 amide bonds. The van der Waals surface area contributed by atoms with E-state index in [9.17, 15) is 0 Å². The molecule has 0 heterocycles. The van der Waals surface area contributed by atoms with E-state index in [0.29, 0.717) is 12.0 Å². The molecule has 0 saturated heterocycles. The smallest absolute Gasteiger partial charge is 0.0442 e. The van der Waals surface area contributed by atoms with Gasteiger partial charge in [0.2, 0.25) is 0 Å². The Hall–Kier alpha value is -0.240. The van der Waals surface area contributed by atoms with Gasteiger partial charge in [0.05, 0.1) is 0 Å². The molecule has 3 heteroatoms. The van der Waals surface area contributed by atoms with Gasteiger partial charge in [-0.1, -0.05) is 30.1 Å². The largest absolute Gasteiger partial charge is 0.317 e. The van der Waals surface area contributed by atoms with Gasteiger partial charge in [-0.25, -0.2) is 0 Å². The molecule has 0 radical (unpaired) electrons. The monoisotopic (exact) mass is 231 g/mol. The number of benzene rings is 1. The molecule has 2 unspecified atom stereocenters. The van der Waals surface area contributed by atoms with Crippen LogP contribution in [0.2, 0.25) is 10.0 Å². The van der Waals surface area contributed by atoms with Crippen molar-refractivity contribution in [3.05, 3.63) is 33.8 Å². The quantitative estimate of drug-likeness (QED) is 0.837. The number of hydrogen-bond donors (Lipinski definition) is 1. The van der Waals surface area contributed by atoms with E-state index in [-0.39, 0.29) is 0 Å². The van der Waals surface area contributed by atoms with E-state index < -0.39 is 0 Å². The van der Waals surface area contributed by atoms with Crippen LogP contribution in [0.25, 0.3) is 0 Å². The second-order valence-corrected chi connectivity index (χ2v) is 4.38. The first-order chi connectivity index (χ1) is 6.56. The highest BCUT2D eigenvalue weighted by Crippen LogP contribution is 2.29. The fourth-order valence-electron chi connectivity index (χ4n) is 1.38. The van der Waals surface area contributed by atoms with Gasteiger partial charge in [0.25, 0.3) is 0 Å². The molecule has 1 nitrogen and oxygen atoms in total. The fraction of sp³-hybridized carbons (Fsp3) is 0.455. The van der Waals surface area contributed by atoms with Gasteiger partial charge in [0.1, 0.15) is 0 Å². The third-order valence-electron chi connectivity index (χ3n) is 2.65. The molecule has 14 heavy (non-hydrogen) atoms. The topological polar surface area (TPSA) is 12.0 Å². The molecule has 1 aromatic rings. The van der Waals surface area contributed by atoms with Gasteiger partial charge < -0.3 is 5.32 Å². The summed E-state index contributed by atoms with van der Waals surface area (Å²) in [6.45, 7) is 4.26. The van der Waals surface area contributed by atoms with Crippen molar-refractivity contribution in [2.24, 2.45) is 0 Å². The average molecular weight is 232 g/mol. The maximum Gasteiger partial charge on any atom is 0.0442 e. The first kappa shape index (κ1) is 11.8. The Morgan fingerprint density at radius 3 is 2.43 bits per heavy atom. The van der Waals surface area contributed by atoms with Crippen LogP contribution in [-0.2, 0) is 0 Å². The minimum Gasteiger partial charge on any atom is -0.317 e. The SMILES string of the molecule is CNC(C)C(C)c1cc(Cl)ccc1Cl. The molecule has 0 aliphatic heterocycles. The fourth-order valence-corrected chi connectivity index (χ4v) is 1.85. The van der Waals surface area contributed by atoms with Crippen molar-refractivity contribution in [3.63, 3.8) is 0 Å². The first-order valence-corrected chi connectivity index (χ1v) is 5.44. The van der Waals surface area contributed by atoms with Gasteiger partial charge >= 0.3 is 0 Å². The highest BCUT2D eigenvalue weighted by molar-refractivity contribution is 6.33. The van der Waals surface area contributed by atoms with Gasteiger partial charge in [0.15, 0.2) is 0 Å². The van der Waals surface area contributed by atoms with Gasteiger partial charge in [-0.05, 0) is 43.7 Å². The number of likely N-dealkylation sites (N-methyl/N-ethyl adjacent to an activating group) is 1. The Bertz CT molecular complexity index is 312. The molecule has 2 atom stereocenters. The van der Waals surface area contributed by atoms with Crippen molar-refractivity contribution in [1.29, 1.82) is 0 Å². The summed E-state index contributed by atoms with van der Waals surface area (Å²) in [5, 5.41) is 4.73. The van der Waals surface area contributed by atoms with Crippen molar-refractivity contribution < 1.29 is 0 Å². The Balaban J connectivity index is 2.99. The Morgan fingerprint density at radius 2 is 1.86 bits per heavy atom. The normalized spacial score (nSPS) is 15.2. The van der Waals surface area contributed by atoms with E-state index in [1.165, 1.54) is 0 Å². The summed E-state index contributed by atoms with van der Waals surface area (Å²) in [7, 11) is 1.94. The molecule has 0 aliphatic carbocycles. The summed E-state index contributed by atoms with van der Waals surface area (Å²) < 4.78 is 0. The Labute approximate surface area is 95.4 Å². The molecular formula is C11H15Cl2N. The van der Waals surface area contributed by atoms with Crippen molar-refractivity contribution in [1.82, 2.24) is 5.32 Å². The summed E-state index contributed by atoms with van der Waals surface area (Å²) in [6.07, 6.45) is 0. The zero-order valence-electron chi connectivity index (χ0n) is 8.64. The van der Waals surface area contributed by atoms with Crippen LogP contribution >= 0.6 is 23.2 Å². The molecule has 1 aromatic carbocycles. The maximum absolute atomic E-state index is 6.11. The summed E-state index contributed by atoms with van der Waals surface area (Å²) >= 11 is 12.0. The lowest BCUT2D eigenvalue weighted by molar-refractivity contribution is 0.524. The molecule has 0 aromatic heterocycles. The van der Waals surface area contributed by atoms with E-state index in [2.05, 4.69) is 19.2 Å². The first-order valence-electron chi connectivity index (χ1n) is 4.68. The molecular weight excluding hydrogens is 217 g/mol. The number of nitrogens with one attached hydrogen (secondary N) is 1. The van der Waals surface area contributed by atoms with Crippen LogP contribution in [-0.4, -0.2) is 13.1 Å². The van der Waals surface area contributed by atoms with Crippen molar-refractivity contribution in [2.45, 2.75) is 25.8 Å². The predicted octanol–water partition coefficient (Wildman–Crippen LogP) is 3.70. The molecule has 78 valence electrons. The molecule has 0 aliphatic rings. The van der Waals surface area contributed by atoms with E-state index in [1.807, 2.05) is 25.2 Å². The standard InChI is InChI=1S/C11H15Cl2N/c1-7(8(2)14-3)10-6-9(12)4-5-11(10)13/h4-8,14H,1-3H3. The van der Waals surface area contributed by atoms with Gasteiger partial charge in [-0.3, -0.25) is 0 Å².